The van der Waals surface area contributed by atoms with Gasteiger partial charge in [0, 0.05) is 19.0 Å². The van der Waals surface area contributed by atoms with E-state index in [1.807, 2.05) is 20.8 Å². The number of rotatable bonds is 8. The lowest BCUT2D eigenvalue weighted by molar-refractivity contribution is -0.155. The highest BCUT2D eigenvalue weighted by molar-refractivity contribution is 5.90. The molecule has 2 aliphatic rings. The quantitative estimate of drug-likeness (QED) is 0.559. The molecule has 1 aliphatic carbocycles. The molecule has 1 saturated carbocycles. The standard InChI is InChI=1S/C23H37N3O4/c1-23(2,3)29-19(27)16-18(13-9-12-17-10-5-4-6-11-17)21-24-20(25-30-21)22(28)26-14-7-8-15-26/h17-18H,4-16H2,1-3H3. The summed E-state index contributed by atoms with van der Waals surface area (Å²) in [5.41, 5.74) is -0.532. The van der Waals surface area contributed by atoms with Crippen molar-refractivity contribution >= 4 is 11.9 Å². The van der Waals surface area contributed by atoms with Crippen LogP contribution in [-0.4, -0.2) is 45.6 Å². The molecule has 1 saturated heterocycles. The Hall–Kier alpha value is -1.92. The van der Waals surface area contributed by atoms with Crippen LogP contribution in [0.5, 0.6) is 0 Å². The van der Waals surface area contributed by atoms with Crippen LogP contribution in [0.4, 0.5) is 0 Å². The number of nitrogens with zero attached hydrogens (tertiary/aromatic N) is 3. The molecule has 168 valence electrons. The third-order valence-electron chi connectivity index (χ3n) is 6.10. The van der Waals surface area contributed by atoms with Crippen molar-refractivity contribution in [2.75, 3.05) is 13.1 Å². The van der Waals surface area contributed by atoms with Gasteiger partial charge in [0.1, 0.15) is 5.60 Å². The number of carbonyl (C=O) groups excluding carboxylic acids is 2. The molecule has 2 fully saturated rings. The Morgan fingerprint density at radius 2 is 1.83 bits per heavy atom. The molecule has 0 bridgehead atoms. The van der Waals surface area contributed by atoms with Gasteiger partial charge in [-0.25, -0.2) is 0 Å². The predicted molar refractivity (Wildman–Crippen MR) is 113 cm³/mol. The Balaban J connectivity index is 1.63. The van der Waals surface area contributed by atoms with Crippen molar-refractivity contribution in [3.8, 4) is 0 Å². The molecule has 1 aromatic heterocycles. The zero-order valence-corrected chi connectivity index (χ0v) is 18.8. The number of hydrogen-bond donors (Lipinski definition) is 0. The first-order valence-electron chi connectivity index (χ1n) is 11.7. The van der Waals surface area contributed by atoms with Gasteiger partial charge in [0.15, 0.2) is 0 Å². The first kappa shape index (κ1) is 22.8. The predicted octanol–water partition coefficient (Wildman–Crippen LogP) is 4.87. The molecule has 30 heavy (non-hydrogen) atoms. The van der Waals surface area contributed by atoms with E-state index in [1.54, 1.807) is 4.90 Å². The number of esters is 1. The van der Waals surface area contributed by atoms with E-state index in [2.05, 4.69) is 10.1 Å². The fraction of sp³-hybridized carbons (Fsp3) is 0.826. The first-order valence-corrected chi connectivity index (χ1v) is 11.7. The molecule has 7 heteroatoms. The van der Waals surface area contributed by atoms with Crippen molar-refractivity contribution in [3.63, 3.8) is 0 Å². The zero-order chi connectivity index (χ0) is 21.6. The maximum Gasteiger partial charge on any atom is 0.307 e. The topological polar surface area (TPSA) is 85.5 Å². The van der Waals surface area contributed by atoms with Gasteiger partial charge in [0.25, 0.3) is 11.7 Å². The highest BCUT2D eigenvalue weighted by Crippen LogP contribution is 2.31. The van der Waals surface area contributed by atoms with Gasteiger partial charge >= 0.3 is 5.97 Å². The maximum atomic E-state index is 12.6. The third-order valence-corrected chi connectivity index (χ3v) is 6.10. The van der Waals surface area contributed by atoms with Crippen LogP contribution in [0.2, 0.25) is 0 Å². The SMILES string of the molecule is CC(C)(C)OC(=O)CC(CCCC1CCCCC1)c1nc(C(=O)N2CCCC2)no1. The average molecular weight is 420 g/mol. The monoisotopic (exact) mass is 419 g/mol. The van der Waals surface area contributed by atoms with Crippen LogP contribution < -0.4 is 0 Å². The van der Waals surface area contributed by atoms with E-state index < -0.39 is 5.60 Å². The summed E-state index contributed by atoms with van der Waals surface area (Å²) in [6.07, 6.45) is 11.8. The maximum absolute atomic E-state index is 12.6. The van der Waals surface area contributed by atoms with E-state index in [0.717, 1.165) is 44.7 Å². The molecule has 7 nitrogen and oxygen atoms in total. The van der Waals surface area contributed by atoms with Crippen LogP contribution in [0.15, 0.2) is 4.52 Å². The molecule has 0 spiro atoms. The summed E-state index contributed by atoms with van der Waals surface area (Å²) in [6, 6.07) is 0. The van der Waals surface area contributed by atoms with Crippen LogP contribution >= 0.6 is 0 Å². The summed E-state index contributed by atoms with van der Waals surface area (Å²) in [6.45, 7) is 7.07. The summed E-state index contributed by atoms with van der Waals surface area (Å²) in [5.74, 6) is 0.615. The summed E-state index contributed by atoms with van der Waals surface area (Å²) < 4.78 is 11.0. The Kier molecular flexibility index (Phi) is 7.89. The number of aromatic nitrogens is 2. The lowest BCUT2D eigenvalue weighted by Gasteiger charge is -2.23. The number of carbonyl (C=O) groups is 2. The van der Waals surface area contributed by atoms with E-state index in [0.29, 0.717) is 5.89 Å². The van der Waals surface area contributed by atoms with Gasteiger partial charge in [0.2, 0.25) is 5.89 Å². The number of hydrogen-bond acceptors (Lipinski definition) is 6. The molecule has 1 aromatic rings. The van der Waals surface area contributed by atoms with Gasteiger partial charge in [0.05, 0.1) is 6.42 Å². The van der Waals surface area contributed by atoms with E-state index in [4.69, 9.17) is 9.26 Å². The highest BCUT2D eigenvalue weighted by atomic mass is 16.6. The lowest BCUT2D eigenvalue weighted by atomic mass is 9.84. The minimum Gasteiger partial charge on any atom is -0.460 e. The van der Waals surface area contributed by atoms with Crippen molar-refractivity contribution in [1.82, 2.24) is 15.0 Å². The van der Waals surface area contributed by atoms with Crippen molar-refractivity contribution in [2.24, 2.45) is 5.92 Å². The van der Waals surface area contributed by atoms with E-state index in [-0.39, 0.29) is 30.0 Å². The molecule has 0 radical (unpaired) electrons. The molecule has 0 aromatic carbocycles. The van der Waals surface area contributed by atoms with Gasteiger partial charge in [-0.2, -0.15) is 4.98 Å². The molecule has 1 atom stereocenters. The molecule has 3 rings (SSSR count). The Bertz CT molecular complexity index is 698. The minimum absolute atomic E-state index is 0.105. The molecular formula is C23H37N3O4. The van der Waals surface area contributed by atoms with Gasteiger partial charge in [-0.1, -0.05) is 50.1 Å². The van der Waals surface area contributed by atoms with E-state index in [1.165, 1.54) is 38.5 Å². The zero-order valence-electron chi connectivity index (χ0n) is 18.8. The Morgan fingerprint density at radius 1 is 1.13 bits per heavy atom. The van der Waals surface area contributed by atoms with Crippen molar-refractivity contribution in [2.45, 2.75) is 103 Å². The van der Waals surface area contributed by atoms with Gasteiger partial charge in [-0.15, -0.1) is 0 Å². The molecule has 0 N–H and O–H groups in total. The molecular weight excluding hydrogens is 382 g/mol. The lowest BCUT2D eigenvalue weighted by Crippen LogP contribution is -2.28. The van der Waals surface area contributed by atoms with Gasteiger partial charge < -0.3 is 14.2 Å². The molecule has 1 unspecified atom stereocenters. The fourth-order valence-corrected chi connectivity index (χ4v) is 4.58. The summed E-state index contributed by atoms with van der Waals surface area (Å²) in [7, 11) is 0. The second kappa shape index (κ2) is 10.4. The first-order chi connectivity index (χ1) is 14.3. The van der Waals surface area contributed by atoms with Crippen LogP contribution in [0.1, 0.15) is 114 Å². The Morgan fingerprint density at radius 3 is 2.50 bits per heavy atom. The number of amides is 1. The second-order valence-electron chi connectivity index (χ2n) is 9.88. The van der Waals surface area contributed by atoms with E-state index in [9.17, 15) is 9.59 Å². The Labute approximate surface area is 179 Å². The van der Waals surface area contributed by atoms with Gasteiger partial charge in [-0.05, 0) is 46.0 Å². The van der Waals surface area contributed by atoms with Crippen molar-refractivity contribution in [1.29, 1.82) is 0 Å². The minimum atomic E-state index is -0.532. The van der Waals surface area contributed by atoms with Crippen LogP contribution in [0.25, 0.3) is 0 Å². The summed E-state index contributed by atoms with van der Waals surface area (Å²) in [5, 5.41) is 3.93. The van der Waals surface area contributed by atoms with Crippen LogP contribution in [0, 0.1) is 5.92 Å². The molecule has 2 heterocycles. The smallest absolute Gasteiger partial charge is 0.307 e. The van der Waals surface area contributed by atoms with Gasteiger partial charge in [-0.3, -0.25) is 9.59 Å². The second-order valence-corrected chi connectivity index (χ2v) is 9.88. The van der Waals surface area contributed by atoms with E-state index >= 15 is 0 Å². The molecule has 1 amide bonds. The number of ether oxygens (including phenoxy) is 1. The normalized spacial score (nSPS) is 19.1. The third kappa shape index (κ3) is 6.81. The number of likely N-dealkylation sites (tertiary alicyclic amines) is 1. The molecule has 1 aliphatic heterocycles. The largest absolute Gasteiger partial charge is 0.460 e. The van der Waals surface area contributed by atoms with Crippen LogP contribution in [0.3, 0.4) is 0 Å². The summed E-state index contributed by atoms with van der Waals surface area (Å²) >= 11 is 0. The van der Waals surface area contributed by atoms with Crippen LogP contribution in [-0.2, 0) is 9.53 Å². The van der Waals surface area contributed by atoms with Crippen molar-refractivity contribution in [3.05, 3.63) is 11.7 Å². The highest BCUT2D eigenvalue weighted by Gasteiger charge is 2.29. The van der Waals surface area contributed by atoms with Crippen molar-refractivity contribution < 1.29 is 18.8 Å². The average Bonchev–Trinajstić information content (AvgIpc) is 3.38. The fourth-order valence-electron chi connectivity index (χ4n) is 4.58. The summed E-state index contributed by atoms with van der Waals surface area (Å²) in [4.78, 5) is 31.2.